The molecule has 3 aromatic rings. The van der Waals surface area contributed by atoms with E-state index < -0.39 is 5.82 Å². The van der Waals surface area contributed by atoms with Gasteiger partial charge in [-0.2, -0.15) is 0 Å². The number of fused-ring (bicyclic) bond motifs is 3. The number of benzene rings is 2. The Hall–Kier alpha value is -2.79. The molecule has 0 aliphatic carbocycles. The van der Waals surface area contributed by atoms with Crippen molar-refractivity contribution in [3.05, 3.63) is 76.5 Å². The van der Waals surface area contributed by atoms with E-state index in [1.807, 2.05) is 13.0 Å². The molecule has 0 unspecified atom stereocenters. The summed E-state index contributed by atoms with van der Waals surface area (Å²) in [5.74, 6) is 0.0619. The highest BCUT2D eigenvalue weighted by molar-refractivity contribution is 6.31. The molecule has 4 nitrogen and oxygen atoms in total. The number of hydrogen-bond donors (Lipinski definition) is 0. The van der Waals surface area contributed by atoms with Crippen molar-refractivity contribution in [3.63, 3.8) is 0 Å². The lowest BCUT2D eigenvalue weighted by Gasteiger charge is -2.15. The molecule has 4 rings (SSSR count). The summed E-state index contributed by atoms with van der Waals surface area (Å²) in [7, 11) is 0. The molecule has 0 saturated carbocycles. The molecule has 130 valence electrons. The first kappa shape index (κ1) is 16.7. The van der Waals surface area contributed by atoms with E-state index in [0.29, 0.717) is 35.2 Å². The molecular formula is C20H15ClFN3O. The summed E-state index contributed by atoms with van der Waals surface area (Å²) in [6.45, 7) is 2.63. The van der Waals surface area contributed by atoms with Crippen LogP contribution >= 0.6 is 11.6 Å². The van der Waals surface area contributed by atoms with Crippen LogP contribution in [0.3, 0.4) is 0 Å². The van der Waals surface area contributed by atoms with Gasteiger partial charge in [0.15, 0.2) is 0 Å². The number of halogens is 2. The van der Waals surface area contributed by atoms with Gasteiger partial charge in [0.25, 0.3) is 0 Å². The number of nitrogens with zero attached hydrogens (tertiary/aromatic N) is 3. The van der Waals surface area contributed by atoms with E-state index >= 15 is 0 Å². The Bertz CT molecular complexity index is 1020. The lowest BCUT2D eigenvalue weighted by molar-refractivity contribution is 0.337. The second-order valence-corrected chi connectivity index (χ2v) is 6.23. The molecule has 0 saturated heterocycles. The third-order valence-corrected chi connectivity index (χ3v) is 4.43. The molecule has 0 bridgehead atoms. The van der Waals surface area contributed by atoms with Crippen molar-refractivity contribution in [2.75, 3.05) is 6.61 Å². The number of aliphatic imine (C=N–C) groups is 1. The van der Waals surface area contributed by atoms with Crippen molar-refractivity contribution in [2.45, 2.75) is 13.5 Å². The first-order valence-electron chi connectivity index (χ1n) is 8.24. The van der Waals surface area contributed by atoms with Crippen molar-refractivity contribution >= 4 is 17.3 Å². The molecular weight excluding hydrogens is 353 g/mol. The van der Waals surface area contributed by atoms with E-state index in [2.05, 4.69) is 15.0 Å². The molecule has 0 radical (unpaired) electrons. The van der Waals surface area contributed by atoms with Crippen LogP contribution < -0.4 is 4.74 Å². The molecule has 0 fully saturated rings. The summed E-state index contributed by atoms with van der Waals surface area (Å²) in [6.07, 6.45) is 3.23. The first-order valence-corrected chi connectivity index (χ1v) is 8.62. The maximum atomic E-state index is 14.8. The average Bonchev–Trinajstić information content (AvgIpc) is 2.79. The summed E-state index contributed by atoms with van der Waals surface area (Å²) in [6, 6.07) is 10.2. The lowest BCUT2D eigenvalue weighted by atomic mass is 9.94. The fourth-order valence-corrected chi connectivity index (χ4v) is 3.28. The summed E-state index contributed by atoms with van der Waals surface area (Å²) >= 11 is 6.24. The Labute approximate surface area is 155 Å². The van der Waals surface area contributed by atoms with Crippen molar-refractivity contribution in [1.29, 1.82) is 0 Å². The summed E-state index contributed by atoms with van der Waals surface area (Å²) in [5, 5.41) is 0.545. The van der Waals surface area contributed by atoms with Crippen LogP contribution in [0, 0.1) is 5.82 Å². The van der Waals surface area contributed by atoms with Gasteiger partial charge < -0.3 is 4.74 Å². The van der Waals surface area contributed by atoms with E-state index in [4.69, 9.17) is 16.3 Å². The van der Waals surface area contributed by atoms with E-state index in [1.165, 1.54) is 12.4 Å². The van der Waals surface area contributed by atoms with Crippen LogP contribution in [0.4, 0.5) is 4.39 Å². The van der Waals surface area contributed by atoms with Gasteiger partial charge in [0.05, 0.1) is 30.1 Å². The maximum absolute atomic E-state index is 14.8. The highest BCUT2D eigenvalue weighted by Crippen LogP contribution is 2.35. The summed E-state index contributed by atoms with van der Waals surface area (Å²) < 4.78 is 20.4. The zero-order valence-electron chi connectivity index (χ0n) is 14.0. The molecule has 1 aromatic heterocycles. The standard InChI is InChI=1S/C20H15ClFN3O/c1-2-26-17-5-3-4-16(22)18(17)20-15-8-13(21)6-7-14(15)19-12(10-24-20)9-23-11-25-19/h3-9,11H,2,10H2,1H3. The number of aromatic nitrogens is 2. The molecule has 0 N–H and O–H groups in total. The van der Waals surface area contributed by atoms with Crippen LogP contribution in [-0.4, -0.2) is 22.3 Å². The van der Waals surface area contributed by atoms with Gasteiger partial charge in [0.2, 0.25) is 0 Å². The van der Waals surface area contributed by atoms with Crippen LogP contribution in [0.25, 0.3) is 11.3 Å². The monoisotopic (exact) mass is 367 g/mol. The summed E-state index contributed by atoms with van der Waals surface area (Å²) in [5.41, 5.74) is 4.05. The van der Waals surface area contributed by atoms with Gasteiger partial charge >= 0.3 is 0 Å². The van der Waals surface area contributed by atoms with E-state index in [-0.39, 0.29) is 0 Å². The van der Waals surface area contributed by atoms with Crippen molar-refractivity contribution < 1.29 is 9.13 Å². The van der Waals surface area contributed by atoms with Gasteiger partial charge in [-0.1, -0.05) is 23.7 Å². The molecule has 0 amide bonds. The molecule has 6 heteroatoms. The van der Waals surface area contributed by atoms with Gasteiger partial charge in [0, 0.05) is 27.9 Å². The average molecular weight is 368 g/mol. The Morgan fingerprint density at radius 3 is 2.92 bits per heavy atom. The second-order valence-electron chi connectivity index (χ2n) is 5.80. The van der Waals surface area contributed by atoms with Gasteiger partial charge in [0.1, 0.15) is 17.9 Å². The van der Waals surface area contributed by atoms with Crippen LogP contribution in [0.15, 0.2) is 53.9 Å². The van der Waals surface area contributed by atoms with Crippen molar-refractivity contribution in [2.24, 2.45) is 4.99 Å². The third kappa shape index (κ3) is 2.84. The number of hydrogen-bond acceptors (Lipinski definition) is 4. The Kier molecular flexibility index (Phi) is 4.39. The van der Waals surface area contributed by atoms with Crippen LogP contribution in [0.5, 0.6) is 5.75 Å². The zero-order chi connectivity index (χ0) is 18.1. The SMILES string of the molecule is CCOc1cccc(F)c1C1=NCc2cncnc2-c2ccc(Cl)cc21. The Balaban J connectivity index is 2.01. The van der Waals surface area contributed by atoms with Crippen molar-refractivity contribution in [1.82, 2.24) is 9.97 Å². The minimum absolute atomic E-state index is 0.332. The topological polar surface area (TPSA) is 47.4 Å². The van der Waals surface area contributed by atoms with Gasteiger partial charge in [-0.15, -0.1) is 0 Å². The predicted octanol–water partition coefficient (Wildman–Crippen LogP) is 4.69. The Morgan fingerprint density at radius 1 is 1.19 bits per heavy atom. The van der Waals surface area contributed by atoms with Gasteiger partial charge in [-0.05, 0) is 31.2 Å². The first-order chi connectivity index (χ1) is 12.7. The fraction of sp³-hybridized carbons (Fsp3) is 0.150. The van der Waals surface area contributed by atoms with Gasteiger partial charge in [-0.3, -0.25) is 4.99 Å². The summed E-state index contributed by atoms with van der Waals surface area (Å²) in [4.78, 5) is 13.2. The molecule has 1 aliphatic heterocycles. The third-order valence-electron chi connectivity index (χ3n) is 4.20. The minimum Gasteiger partial charge on any atom is -0.493 e. The van der Waals surface area contributed by atoms with Crippen LogP contribution in [0.2, 0.25) is 5.02 Å². The maximum Gasteiger partial charge on any atom is 0.136 e. The normalized spacial score (nSPS) is 12.7. The van der Waals surface area contributed by atoms with Crippen molar-refractivity contribution in [3.8, 4) is 17.0 Å². The molecule has 2 aromatic carbocycles. The van der Waals surface area contributed by atoms with E-state index in [0.717, 1.165) is 22.4 Å². The molecule has 0 spiro atoms. The molecule has 2 heterocycles. The highest BCUT2D eigenvalue weighted by atomic mass is 35.5. The fourth-order valence-electron chi connectivity index (χ4n) is 3.11. The van der Waals surface area contributed by atoms with E-state index in [9.17, 15) is 4.39 Å². The lowest BCUT2D eigenvalue weighted by Crippen LogP contribution is -2.10. The molecule has 26 heavy (non-hydrogen) atoms. The minimum atomic E-state index is -0.391. The quantitative estimate of drug-likeness (QED) is 0.675. The van der Waals surface area contributed by atoms with Crippen LogP contribution in [-0.2, 0) is 6.54 Å². The van der Waals surface area contributed by atoms with E-state index in [1.54, 1.807) is 30.5 Å². The zero-order valence-corrected chi connectivity index (χ0v) is 14.8. The predicted molar refractivity (Wildman–Crippen MR) is 99.4 cm³/mol. The molecule has 0 atom stereocenters. The van der Waals surface area contributed by atoms with Crippen LogP contribution in [0.1, 0.15) is 23.6 Å². The highest BCUT2D eigenvalue weighted by Gasteiger charge is 2.24. The van der Waals surface area contributed by atoms with Gasteiger partial charge in [-0.25, -0.2) is 14.4 Å². The second kappa shape index (κ2) is 6.84. The smallest absolute Gasteiger partial charge is 0.136 e. The number of rotatable bonds is 3. The molecule has 1 aliphatic rings. The Morgan fingerprint density at radius 2 is 2.08 bits per heavy atom. The largest absolute Gasteiger partial charge is 0.493 e. The number of ether oxygens (including phenoxy) is 1.